The molecular formula is C58H36N2. The first-order valence-electron chi connectivity index (χ1n) is 20.8. The Morgan fingerprint density at radius 1 is 0.200 bits per heavy atom. The van der Waals surface area contributed by atoms with E-state index >= 15 is 0 Å². The van der Waals surface area contributed by atoms with Crippen molar-refractivity contribution in [3.05, 3.63) is 218 Å². The van der Waals surface area contributed by atoms with E-state index in [9.17, 15) is 0 Å². The van der Waals surface area contributed by atoms with Crippen molar-refractivity contribution < 1.29 is 0 Å². The van der Waals surface area contributed by atoms with Crippen LogP contribution in [0, 0.1) is 0 Å². The quantitative estimate of drug-likeness (QED) is 0.158. The van der Waals surface area contributed by atoms with Gasteiger partial charge in [0.1, 0.15) is 0 Å². The maximum Gasteiger partial charge on any atom is 0.0547 e. The molecule has 0 bridgehead atoms. The normalized spacial score (nSPS) is 12.0. The molecule has 0 atom stereocenters. The molecule has 0 saturated heterocycles. The molecule has 2 aromatic heterocycles. The van der Waals surface area contributed by atoms with E-state index in [2.05, 4.69) is 228 Å². The number of rotatable bonds is 4. The lowest BCUT2D eigenvalue weighted by molar-refractivity contribution is 1.18. The van der Waals surface area contributed by atoms with E-state index in [1.165, 1.54) is 120 Å². The summed E-state index contributed by atoms with van der Waals surface area (Å²) in [4.78, 5) is 0. The van der Waals surface area contributed by atoms with Gasteiger partial charge in [-0.05, 0) is 132 Å². The van der Waals surface area contributed by atoms with Gasteiger partial charge in [-0.15, -0.1) is 0 Å². The molecule has 0 amide bonds. The molecule has 0 N–H and O–H groups in total. The Kier molecular flexibility index (Phi) is 7.05. The largest absolute Gasteiger partial charge is 0.309 e. The first-order chi connectivity index (χ1) is 29.7. The van der Waals surface area contributed by atoms with E-state index in [0.29, 0.717) is 0 Å². The molecule has 0 unspecified atom stereocenters. The predicted octanol–water partition coefficient (Wildman–Crippen LogP) is 15.8. The molecule has 0 aliphatic carbocycles. The molecule has 2 heteroatoms. The fourth-order valence-corrected chi connectivity index (χ4v) is 10.1. The molecule has 278 valence electrons. The summed E-state index contributed by atoms with van der Waals surface area (Å²) in [6.07, 6.45) is 0. The summed E-state index contributed by atoms with van der Waals surface area (Å²) >= 11 is 0. The molecule has 60 heavy (non-hydrogen) atoms. The second-order valence-corrected chi connectivity index (χ2v) is 16.1. The van der Waals surface area contributed by atoms with Crippen molar-refractivity contribution in [1.82, 2.24) is 9.13 Å². The molecule has 0 radical (unpaired) electrons. The van der Waals surface area contributed by atoms with E-state index < -0.39 is 0 Å². The third kappa shape index (κ3) is 4.88. The molecule has 0 spiro atoms. The van der Waals surface area contributed by atoms with Gasteiger partial charge in [0, 0.05) is 32.9 Å². The fraction of sp³-hybridized carbons (Fsp3) is 0. The Hall–Kier alpha value is -7.94. The minimum atomic E-state index is 1.17. The maximum absolute atomic E-state index is 2.44. The zero-order valence-electron chi connectivity index (χ0n) is 32.7. The molecule has 0 aliphatic heterocycles. The van der Waals surface area contributed by atoms with Gasteiger partial charge in [0.05, 0.1) is 22.1 Å². The number of benzene rings is 11. The second-order valence-electron chi connectivity index (χ2n) is 16.1. The maximum atomic E-state index is 2.44. The summed E-state index contributed by atoms with van der Waals surface area (Å²) in [5.41, 5.74) is 12.0. The number of hydrogen-bond acceptors (Lipinski definition) is 0. The van der Waals surface area contributed by atoms with Gasteiger partial charge in [-0.25, -0.2) is 0 Å². The monoisotopic (exact) mass is 760 g/mol. The Bertz CT molecular complexity index is 3830. The smallest absolute Gasteiger partial charge is 0.0547 e. The summed E-state index contributed by atoms with van der Waals surface area (Å²) in [5, 5.41) is 15.3. The molecule has 2 nitrogen and oxygen atoms in total. The van der Waals surface area contributed by atoms with Crippen molar-refractivity contribution in [3.63, 3.8) is 0 Å². The Balaban J connectivity index is 0.915. The third-order valence-corrected chi connectivity index (χ3v) is 12.9. The number of hydrogen-bond donors (Lipinski definition) is 0. The van der Waals surface area contributed by atoms with Gasteiger partial charge in [0.15, 0.2) is 0 Å². The van der Waals surface area contributed by atoms with Crippen molar-refractivity contribution in [3.8, 4) is 33.6 Å². The molecule has 2 heterocycles. The molecule has 13 aromatic rings. The van der Waals surface area contributed by atoms with Gasteiger partial charge in [-0.1, -0.05) is 152 Å². The Labute approximate surface area is 346 Å². The summed E-state index contributed by atoms with van der Waals surface area (Å²) in [5.74, 6) is 0. The van der Waals surface area contributed by atoms with E-state index in [1.807, 2.05) is 0 Å². The van der Waals surface area contributed by atoms with Crippen LogP contribution in [-0.4, -0.2) is 9.13 Å². The standard InChI is InChI=1S/C58H36N2/c1-2-14-43(15-3-1)59-57-31-27-42(34-53(57)54-32-39-12-4-5-13-40(39)35-58(54)59)38-24-22-37(23-25-38)41-26-30-56-52(33-41)50-20-10-11-21-55(50)60(56)44-28-29-49-47-18-7-6-16-45(47)46-17-8-9-19-48(46)51(49)36-44/h1-36H. The van der Waals surface area contributed by atoms with Crippen molar-refractivity contribution in [2.75, 3.05) is 0 Å². The van der Waals surface area contributed by atoms with E-state index in [0.717, 1.165) is 0 Å². The lowest BCUT2D eigenvalue weighted by Gasteiger charge is -2.14. The van der Waals surface area contributed by atoms with Gasteiger partial charge < -0.3 is 9.13 Å². The zero-order chi connectivity index (χ0) is 39.3. The molecular weight excluding hydrogens is 725 g/mol. The average Bonchev–Trinajstić information content (AvgIpc) is 3.82. The zero-order valence-corrected chi connectivity index (χ0v) is 32.7. The van der Waals surface area contributed by atoms with Crippen LogP contribution in [0.5, 0.6) is 0 Å². The third-order valence-electron chi connectivity index (χ3n) is 12.9. The van der Waals surface area contributed by atoms with Crippen LogP contribution >= 0.6 is 0 Å². The molecule has 11 aromatic carbocycles. The van der Waals surface area contributed by atoms with Gasteiger partial charge in [-0.2, -0.15) is 0 Å². The summed E-state index contributed by atoms with van der Waals surface area (Å²) < 4.78 is 4.84. The van der Waals surface area contributed by atoms with Crippen molar-refractivity contribution >= 4 is 86.7 Å². The van der Waals surface area contributed by atoms with Crippen LogP contribution < -0.4 is 0 Å². The number of aromatic nitrogens is 2. The topological polar surface area (TPSA) is 9.86 Å². The first-order valence-corrected chi connectivity index (χ1v) is 20.8. The van der Waals surface area contributed by atoms with Crippen LogP contribution in [0.15, 0.2) is 218 Å². The molecule has 0 fully saturated rings. The van der Waals surface area contributed by atoms with Crippen molar-refractivity contribution in [2.24, 2.45) is 0 Å². The highest BCUT2D eigenvalue weighted by molar-refractivity contribution is 6.26. The van der Waals surface area contributed by atoms with Gasteiger partial charge >= 0.3 is 0 Å². The van der Waals surface area contributed by atoms with E-state index in [-0.39, 0.29) is 0 Å². The van der Waals surface area contributed by atoms with Gasteiger partial charge in [-0.3, -0.25) is 0 Å². The van der Waals surface area contributed by atoms with Crippen LogP contribution in [0.25, 0.3) is 120 Å². The second kappa shape index (κ2) is 12.8. The van der Waals surface area contributed by atoms with Gasteiger partial charge in [0.2, 0.25) is 0 Å². The Morgan fingerprint density at radius 3 is 1.27 bits per heavy atom. The Morgan fingerprint density at radius 2 is 0.633 bits per heavy atom. The van der Waals surface area contributed by atoms with Crippen LogP contribution in [0.2, 0.25) is 0 Å². The van der Waals surface area contributed by atoms with Crippen LogP contribution in [-0.2, 0) is 0 Å². The first kappa shape index (κ1) is 33.1. The van der Waals surface area contributed by atoms with Crippen LogP contribution in [0.3, 0.4) is 0 Å². The van der Waals surface area contributed by atoms with Crippen LogP contribution in [0.4, 0.5) is 0 Å². The minimum Gasteiger partial charge on any atom is -0.309 e. The molecule has 0 aliphatic rings. The SMILES string of the molecule is c1ccc(-n2c3ccc(-c4ccc(-c5ccc6c(c5)c5ccccc5n6-c5ccc6c7ccccc7c7ccccc7c6c5)cc4)cc3c3cc4ccccc4cc32)cc1. The number of para-hydroxylation sites is 2. The number of fused-ring (bicyclic) bond motifs is 13. The van der Waals surface area contributed by atoms with E-state index in [1.54, 1.807) is 0 Å². The lowest BCUT2D eigenvalue weighted by atomic mass is 9.94. The summed E-state index contributed by atoms with van der Waals surface area (Å²) in [6.45, 7) is 0. The summed E-state index contributed by atoms with van der Waals surface area (Å²) in [7, 11) is 0. The highest BCUT2D eigenvalue weighted by atomic mass is 15.0. The van der Waals surface area contributed by atoms with Crippen molar-refractivity contribution in [1.29, 1.82) is 0 Å². The number of nitrogens with zero attached hydrogens (tertiary/aromatic N) is 2. The highest BCUT2D eigenvalue weighted by Gasteiger charge is 2.17. The lowest BCUT2D eigenvalue weighted by Crippen LogP contribution is -1.94. The van der Waals surface area contributed by atoms with Crippen LogP contribution in [0.1, 0.15) is 0 Å². The average molecular weight is 761 g/mol. The highest BCUT2D eigenvalue weighted by Crippen LogP contribution is 2.41. The van der Waals surface area contributed by atoms with E-state index in [4.69, 9.17) is 0 Å². The molecule has 0 saturated carbocycles. The fourth-order valence-electron chi connectivity index (χ4n) is 10.1. The predicted molar refractivity (Wildman–Crippen MR) is 256 cm³/mol. The van der Waals surface area contributed by atoms with Crippen molar-refractivity contribution in [2.45, 2.75) is 0 Å². The summed E-state index contributed by atoms with van der Waals surface area (Å²) in [6, 6.07) is 80.5. The van der Waals surface area contributed by atoms with Gasteiger partial charge in [0.25, 0.3) is 0 Å². The minimum absolute atomic E-state index is 1.17. The molecule has 13 rings (SSSR count).